The Bertz CT molecular complexity index is 1980. The number of hydrogen-bond acceptors (Lipinski definition) is 3. The molecule has 0 saturated carbocycles. The molecule has 0 amide bonds. The highest BCUT2D eigenvalue weighted by Gasteiger charge is 2.24. The Morgan fingerprint density at radius 2 is 0.884 bits per heavy atom. The molecule has 43 heavy (non-hydrogen) atoms. The molecule has 0 unspecified atom stereocenters. The maximum Gasteiger partial charge on any atom is 0.0806 e. The number of fused-ring (bicyclic) bond motifs is 6. The molecule has 0 fully saturated rings. The molecule has 0 aliphatic carbocycles. The smallest absolute Gasteiger partial charge is 0.0806 e. The standard InChI is InChI=1S/C32H25N5.2C3H6/c33-19-20-17-18-25(32(34)35)31(37-28-15-7-3-11-23(28)24-12-4-8-16-29(24)37)30(20)36-26-13-5-1-9-21(26)22-10-2-6-14-27(22)36;2*1-3-2/h1-19,32-33H,34-35H2;2*3H,1H2,2H3. The average molecular weight is 564 g/mol. The van der Waals surface area contributed by atoms with Crippen LogP contribution in [0.15, 0.2) is 135 Å². The second-order valence-electron chi connectivity index (χ2n) is 10.2. The van der Waals surface area contributed by atoms with Crippen LogP contribution in [0.2, 0.25) is 0 Å². The fourth-order valence-electron chi connectivity index (χ4n) is 5.79. The van der Waals surface area contributed by atoms with Crippen molar-refractivity contribution in [3.63, 3.8) is 0 Å². The number of aromatic nitrogens is 2. The molecule has 5 N–H and O–H groups in total. The third-order valence-corrected chi connectivity index (χ3v) is 7.34. The molecule has 5 heteroatoms. The molecule has 0 aliphatic heterocycles. The number of allylic oxidation sites excluding steroid dienone is 2. The van der Waals surface area contributed by atoms with Crippen molar-refractivity contribution in [1.82, 2.24) is 9.13 Å². The molecule has 7 aromatic rings. The largest absolute Gasteiger partial charge is 0.312 e. The van der Waals surface area contributed by atoms with E-state index in [1.165, 1.54) is 6.21 Å². The van der Waals surface area contributed by atoms with Gasteiger partial charge in [0.1, 0.15) is 0 Å². The molecule has 214 valence electrons. The SMILES string of the molecule is C=CC.C=CC.N=Cc1ccc(C(N)N)c(-n2c3ccccc3c3ccccc32)c1-n1c2ccccc2c2ccccc21. The summed E-state index contributed by atoms with van der Waals surface area (Å²) < 4.78 is 4.52. The number of hydrogen-bond donors (Lipinski definition) is 3. The van der Waals surface area contributed by atoms with E-state index in [-0.39, 0.29) is 0 Å². The summed E-state index contributed by atoms with van der Waals surface area (Å²) in [6.07, 6.45) is 4.21. The summed E-state index contributed by atoms with van der Waals surface area (Å²) in [7, 11) is 0. The van der Waals surface area contributed by atoms with Gasteiger partial charge in [-0.2, -0.15) is 0 Å². The fourth-order valence-corrected chi connectivity index (χ4v) is 5.79. The summed E-state index contributed by atoms with van der Waals surface area (Å²) in [5, 5.41) is 13.0. The highest BCUT2D eigenvalue weighted by atomic mass is 15.1. The molecule has 0 saturated heterocycles. The Hall–Kier alpha value is -5.23. The first kappa shape index (κ1) is 29.3. The second kappa shape index (κ2) is 12.7. The summed E-state index contributed by atoms with van der Waals surface area (Å²) in [6.45, 7) is 10.5. The fraction of sp³-hybridized carbons (Fsp3) is 0.0789. The molecule has 0 atom stereocenters. The van der Waals surface area contributed by atoms with Gasteiger partial charge in [-0.25, -0.2) is 0 Å². The van der Waals surface area contributed by atoms with Crippen LogP contribution in [0.5, 0.6) is 0 Å². The van der Waals surface area contributed by atoms with E-state index in [9.17, 15) is 0 Å². The highest BCUT2D eigenvalue weighted by Crippen LogP contribution is 2.41. The van der Waals surface area contributed by atoms with E-state index in [1.54, 1.807) is 12.2 Å². The van der Waals surface area contributed by atoms with Crippen molar-refractivity contribution in [2.45, 2.75) is 20.0 Å². The molecule has 0 aliphatic rings. The van der Waals surface area contributed by atoms with Crippen molar-refractivity contribution in [3.8, 4) is 11.4 Å². The summed E-state index contributed by atoms with van der Waals surface area (Å²) >= 11 is 0. The topological polar surface area (TPSA) is 85.8 Å². The zero-order valence-electron chi connectivity index (χ0n) is 24.7. The third kappa shape index (κ3) is 5.06. The van der Waals surface area contributed by atoms with E-state index >= 15 is 0 Å². The van der Waals surface area contributed by atoms with Gasteiger partial charge in [-0.1, -0.05) is 97.1 Å². The predicted molar refractivity (Wildman–Crippen MR) is 186 cm³/mol. The van der Waals surface area contributed by atoms with E-state index < -0.39 is 6.17 Å². The second-order valence-corrected chi connectivity index (χ2v) is 10.2. The monoisotopic (exact) mass is 563 g/mol. The number of para-hydroxylation sites is 4. The van der Waals surface area contributed by atoms with Crippen molar-refractivity contribution in [1.29, 1.82) is 5.41 Å². The minimum Gasteiger partial charge on any atom is -0.312 e. The van der Waals surface area contributed by atoms with E-state index in [4.69, 9.17) is 16.9 Å². The molecular formula is C38H37N5. The lowest BCUT2D eigenvalue weighted by Gasteiger charge is -2.23. The van der Waals surface area contributed by atoms with E-state index in [0.717, 1.165) is 66.1 Å². The van der Waals surface area contributed by atoms with Crippen molar-refractivity contribution >= 4 is 49.8 Å². The zero-order valence-corrected chi connectivity index (χ0v) is 24.7. The van der Waals surface area contributed by atoms with Crippen molar-refractivity contribution in [2.24, 2.45) is 11.5 Å². The van der Waals surface area contributed by atoms with Crippen LogP contribution < -0.4 is 11.5 Å². The van der Waals surface area contributed by atoms with Crippen LogP contribution in [0, 0.1) is 5.41 Å². The first-order valence-electron chi connectivity index (χ1n) is 14.3. The Kier molecular flexibility index (Phi) is 8.67. The number of nitrogens with zero attached hydrogens (tertiary/aromatic N) is 2. The van der Waals surface area contributed by atoms with Crippen LogP contribution in [0.3, 0.4) is 0 Å². The summed E-state index contributed by atoms with van der Waals surface area (Å²) in [6, 6.07) is 37.5. The van der Waals surface area contributed by atoms with Crippen LogP contribution >= 0.6 is 0 Å². The van der Waals surface area contributed by atoms with Crippen LogP contribution in [0.1, 0.15) is 31.1 Å². The minimum atomic E-state index is -0.707. The third-order valence-electron chi connectivity index (χ3n) is 7.34. The van der Waals surface area contributed by atoms with Crippen molar-refractivity contribution in [3.05, 3.63) is 146 Å². The van der Waals surface area contributed by atoms with Gasteiger partial charge in [0.25, 0.3) is 0 Å². The summed E-state index contributed by atoms with van der Waals surface area (Å²) in [4.78, 5) is 0. The molecule has 5 nitrogen and oxygen atoms in total. The number of nitrogens with two attached hydrogens (primary N) is 2. The Labute approximate surface area is 252 Å². The molecule has 2 aromatic heterocycles. The lowest BCUT2D eigenvalue weighted by Crippen LogP contribution is -2.23. The van der Waals surface area contributed by atoms with Crippen LogP contribution in [-0.4, -0.2) is 15.3 Å². The normalized spacial score (nSPS) is 10.8. The van der Waals surface area contributed by atoms with Gasteiger partial charge in [0, 0.05) is 38.9 Å². The maximum atomic E-state index is 8.42. The molecule has 2 heterocycles. The van der Waals surface area contributed by atoms with Gasteiger partial charge >= 0.3 is 0 Å². The molecule has 7 rings (SSSR count). The molecule has 0 radical (unpaired) electrons. The van der Waals surface area contributed by atoms with Crippen LogP contribution in [0.4, 0.5) is 0 Å². The Balaban J connectivity index is 0.000000569. The predicted octanol–water partition coefficient (Wildman–Crippen LogP) is 9.18. The van der Waals surface area contributed by atoms with Crippen LogP contribution in [-0.2, 0) is 0 Å². The average Bonchev–Trinajstić information content (AvgIpc) is 3.54. The van der Waals surface area contributed by atoms with Gasteiger partial charge in [-0.3, -0.25) is 0 Å². The molecular weight excluding hydrogens is 526 g/mol. The molecule has 0 spiro atoms. The first-order chi connectivity index (χ1) is 21.0. The van der Waals surface area contributed by atoms with E-state index in [2.05, 4.69) is 119 Å². The van der Waals surface area contributed by atoms with Gasteiger partial charge in [0.2, 0.25) is 0 Å². The lowest BCUT2D eigenvalue weighted by molar-refractivity contribution is 0.765. The molecule has 5 aromatic carbocycles. The Morgan fingerprint density at radius 3 is 1.21 bits per heavy atom. The maximum absolute atomic E-state index is 8.42. The quantitative estimate of drug-likeness (QED) is 0.113. The van der Waals surface area contributed by atoms with Gasteiger partial charge in [-0.15, -0.1) is 13.2 Å². The first-order valence-corrected chi connectivity index (χ1v) is 14.3. The molecule has 0 bridgehead atoms. The number of benzene rings is 5. The van der Waals surface area contributed by atoms with Gasteiger partial charge in [-0.05, 0) is 38.1 Å². The van der Waals surface area contributed by atoms with Crippen LogP contribution in [0.25, 0.3) is 55.0 Å². The highest BCUT2D eigenvalue weighted by molar-refractivity contribution is 6.12. The summed E-state index contributed by atoms with van der Waals surface area (Å²) in [5.74, 6) is 0. The number of nitrogens with one attached hydrogen (secondary N) is 1. The van der Waals surface area contributed by atoms with Crippen molar-refractivity contribution < 1.29 is 0 Å². The number of rotatable bonds is 4. The van der Waals surface area contributed by atoms with Gasteiger partial charge < -0.3 is 26.0 Å². The lowest BCUT2D eigenvalue weighted by atomic mass is 10.0. The Morgan fingerprint density at radius 1 is 0.558 bits per heavy atom. The van der Waals surface area contributed by atoms with Gasteiger partial charge in [0.15, 0.2) is 0 Å². The van der Waals surface area contributed by atoms with E-state index in [0.29, 0.717) is 0 Å². The minimum absolute atomic E-state index is 0.707. The van der Waals surface area contributed by atoms with Crippen molar-refractivity contribution in [2.75, 3.05) is 0 Å². The van der Waals surface area contributed by atoms with E-state index in [1.807, 2.05) is 26.0 Å². The van der Waals surface area contributed by atoms with Gasteiger partial charge in [0.05, 0.1) is 39.6 Å². The zero-order chi connectivity index (χ0) is 30.5. The summed E-state index contributed by atoms with van der Waals surface area (Å²) in [5.41, 5.74) is 20.5.